The number of carbonyl (C=O) groups is 3. The third kappa shape index (κ3) is 4.03. The molecule has 1 fully saturated rings. The predicted molar refractivity (Wildman–Crippen MR) is 141 cm³/mol. The van der Waals surface area contributed by atoms with Crippen LogP contribution < -0.4 is 5.73 Å². The van der Waals surface area contributed by atoms with E-state index in [0.29, 0.717) is 30.7 Å². The molecule has 0 saturated heterocycles. The van der Waals surface area contributed by atoms with E-state index in [0.717, 1.165) is 24.0 Å². The highest BCUT2D eigenvalue weighted by Gasteiger charge is 2.64. The minimum Gasteiger partial charge on any atom is -0.508 e. The fraction of sp³-hybridized carbons (Fsp3) is 0.552. The standard InChI is InChI=1S/C29H38N2O7/c1-6-14-10-15(9-7-8-13(2)3)23(32)20-17(14)11-16-12-18-22(31(4)5)25(34)21(28(30)37)27(36)29(18,38)26(35)19(16)24(20)33/h10,13,16,18,22,32-33,36,38H,6-9,11-12H2,1-5H3,(H2,30,37)/t16-,18-,22-,29-/m1/s1. The van der Waals surface area contributed by atoms with Gasteiger partial charge in [0.15, 0.2) is 11.4 Å². The van der Waals surface area contributed by atoms with Gasteiger partial charge in [0.2, 0.25) is 5.78 Å². The maximum Gasteiger partial charge on any atom is 0.255 e. The Kier molecular flexibility index (Phi) is 7.22. The molecule has 4 atom stereocenters. The van der Waals surface area contributed by atoms with Gasteiger partial charge in [-0.05, 0) is 74.7 Å². The number of aromatic hydroxyl groups is 1. The zero-order valence-electron chi connectivity index (χ0n) is 22.7. The first-order valence-corrected chi connectivity index (χ1v) is 13.3. The average Bonchev–Trinajstić information content (AvgIpc) is 2.82. The topological polar surface area (TPSA) is 161 Å². The third-order valence-electron chi connectivity index (χ3n) is 8.50. The van der Waals surface area contributed by atoms with E-state index in [1.165, 1.54) is 4.90 Å². The molecule has 0 aliphatic heterocycles. The molecule has 0 unspecified atom stereocenters. The Balaban J connectivity index is 1.91. The minimum absolute atomic E-state index is 0.0890. The van der Waals surface area contributed by atoms with Gasteiger partial charge in [-0.1, -0.05) is 33.3 Å². The van der Waals surface area contributed by atoms with Crippen LogP contribution in [0.15, 0.2) is 23.0 Å². The van der Waals surface area contributed by atoms with Gasteiger partial charge >= 0.3 is 0 Å². The number of carbonyl (C=O) groups excluding carboxylic acids is 3. The lowest BCUT2D eigenvalue weighted by atomic mass is 9.57. The van der Waals surface area contributed by atoms with E-state index in [1.54, 1.807) is 14.1 Å². The second kappa shape index (κ2) is 9.85. The van der Waals surface area contributed by atoms with Crippen LogP contribution in [0.2, 0.25) is 0 Å². The van der Waals surface area contributed by atoms with E-state index >= 15 is 0 Å². The molecule has 206 valence electrons. The molecule has 0 bridgehead atoms. The highest BCUT2D eigenvalue weighted by molar-refractivity contribution is 6.24. The molecule has 4 rings (SSSR count). The van der Waals surface area contributed by atoms with Crippen molar-refractivity contribution >= 4 is 23.2 Å². The molecule has 38 heavy (non-hydrogen) atoms. The van der Waals surface area contributed by atoms with Gasteiger partial charge in [0.1, 0.15) is 22.8 Å². The number of aliphatic hydroxyl groups excluding tert-OH is 2. The van der Waals surface area contributed by atoms with Gasteiger partial charge in [-0.15, -0.1) is 0 Å². The fourth-order valence-corrected chi connectivity index (χ4v) is 6.66. The number of fused-ring (bicyclic) bond motifs is 3. The fourth-order valence-electron chi connectivity index (χ4n) is 6.66. The first-order valence-electron chi connectivity index (χ1n) is 13.3. The lowest BCUT2D eigenvalue weighted by Crippen LogP contribution is -2.65. The van der Waals surface area contributed by atoms with Crippen LogP contribution in [-0.2, 0) is 33.6 Å². The number of phenolic OH excluding ortho intramolecular Hbond substituents is 1. The molecule has 0 heterocycles. The Morgan fingerprint density at radius 1 is 1.18 bits per heavy atom. The largest absolute Gasteiger partial charge is 0.508 e. The number of likely N-dealkylation sites (N-methyl/N-ethyl adjacent to an activating group) is 1. The number of primary amides is 1. The molecule has 3 aliphatic rings. The maximum atomic E-state index is 14.0. The number of benzene rings is 1. The van der Waals surface area contributed by atoms with Crippen molar-refractivity contribution < 1.29 is 34.8 Å². The molecule has 1 aromatic carbocycles. The minimum atomic E-state index is -2.62. The zero-order valence-corrected chi connectivity index (χ0v) is 22.7. The molecule has 1 amide bonds. The molecular formula is C29H38N2O7. The van der Waals surface area contributed by atoms with Crippen LogP contribution in [-0.4, -0.2) is 68.5 Å². The van der Waals surface area contributed by atoms with Crippen molar-refractivity contribution in [2.45, 2.75) is 70.9 Å². The van der Waals surface area contributed by atoms with Crippen LogP contribution in [0.4, 0.5) is 0 Å². The molecule has 1 saturated carbocycles. The van der Waals surface area contributed by atoms with Crippen molar-refractivity contribution in [1.82, 2.24) is 4.90 Å². The van der Waals surface area contributed by atoms with Crippen LogP contribution >= 0.6 is 0 Å². The lowest BCUT2D eigenvalue weighted by molar-refractivity contribution is -0.153. The summed E-state index contributed by atoms with van der Waals surface area (Å²) in [5, 5.41) is 45.4. The maximum absolute atomic E-state index is 14.0. The van der Waals surface area contributed by atoms with Gasteiger partial charge in [0.05, 0.1) is 11.6 Å². The number of amides is 1. The van der Waals surface area contributed by atoms with Gasteiger partial charge < -0.3 is 26.2 Å². The van der Waals surface area contributed by atoms with E-state index < -0.39 is 58.0 Å². The van der Waals surface area contributed by atoms with Crippen LogP contribution in [0, 0.1) is 17.8 Å². The summed E-state index contributed by atoms with van der Waals surface area (Å²) in [5.41, 5.74) is 4.38. The number of Topliss-reactive ketones (excluding diaryl/α,β-unsaturated/α-hetero) is 2. The third-order valence-corrected chi connectivity index (χ3v) is 8.50. The second-order valence-corrected chi connectivity index (χ2v) is 11.5. The highest BCUT2D eigenvalue weighted by atomic mass is 16.3. The van der Waals surface area contributed by atoms with Gasteiger partial charge in [0, 0.05) is 11.5 Å². The van der Waals surface area contributed by atoms with Crippen molar-refractivity contribution in [3.8, 4) is 5.75 Å². The van der Waals surface area contributed by atoms with Crippen molar-refractivity contribution in [2.24, 2.45) is 23.5 Å². The number of nitrogens with zero attached hydrogens (tertiary/aromatic N) is 1. The van der Waals surface area contributed by atoms with Crippen LogP contribution in [0.3, 0.4) is 0 Å². The number of aryl methyl sites for hydroxylation is 2. The smallest absolute Gasteiger partial charge is 0.255 e. The number of rotatable bonds is 7. The van der Waals surface area contributed by atoms with Crippen molar-refractivity contribution in [2.75, 3.05) is 14.1 Å². The van der Waals surface area contributed by atoms with Crippen molar-refractivity contribution in [3.63, 3.8) is 0 Å². The van der Waals surface area contributed by atoms with Gasteiger partial charge in [-0.2, -0.15) is 0 Å². The summed E-state index contributed by atoms with van der Waals surface area (Å²) in [7, 11) is 3.17. The highest BCUT2D eigenvalue weighted by Crippen LogP contribution is 2.53. The summed E-state index contributed by atoms with van der Waals surface area (Å²) in [4.78, 5) is 40.7. The summed E-state index contributed by atoms with van der Waals surface area (Å²) in [5.74, 6) is -5.71. The van der Waals surface area contributed by atoms with E-state index in [4.69, 9.17) is 5.73 Å². The molecule has 0 radical (unpaired) electrons. The van der Waals surface area contributed by atoms with Gasteiger partial charge in [0.25, 0.3) is 5.91 Å². The van der Waals surface area contributed by atoms with Gasteiger partial charge in [-0.3, -0.25) is 19.3 Å². The summed E-state index contributed by atoms with van der Waals surface area (Å²) in [6.45, 7) is 6.24. The summed E-state index contributed by atoms with van der Waals surface area (Å²) in [6.07, 6.45) is 3.49. The number of phenols is 1. The molecule has 1 aromatic rings. The molecule has 0 aromatic heterocycles. The molecular weight excluding hydrogens is 488 g/mol. The van der Waals surface area contributed by atoms with Crippen LogP contribution in [0.1, 0.15) is 62.3 Å². The summed E-state index contributed by atoms with van der Waals surface area (Å²) < 4.78 is 0. The van der Waals surface area contributed by atoms with Gasteiger partial charge in [-0.25, -0.2) is 0 Å². The average molecular weight is 527 g/mol. The summed E-state index contributed by atoms with van der Waals surface area (Å²) >= 11 is 0. The molecule has 0 spiro atoms. The van der Waals surface area contributed by atoms with Crippen molar-refractivity contribution in [3.05, 3.63) is 45.2 Å². The quantitative estimate of drug-likeness (QED) is 0.339. The molecule has 9 heteroatoms. The zero-order chi connectivity index (χ0) is 28.3. The van der Waals surface area contributed by atoms with Crippen LogP contribution in [0.5, 0.6) is 5.75 Å². The molecule has 3 aliphatic carbocycles. The first kappa shape index (κ1) is 27.9. The van der Waals surface area contributed by atoms with E-state index in [2.05, 4.69) is 13.8 Å². The Hall–Kier alpha value is -3.17. The monoisotopic (exact) mass is 526 g/mol. The van der Waals surface area contributed by atoms with Crippen LogP contribution in [0.25, 0.3) is 5.76 Å². The number of nitrogens with two attached hydrogens (primary N) is 1. The predicted octanol–water partition coefficient (Wildman–Crippen LogP) is 2.51. The first-order chi connectivity index (χ1) is 17.8. The number of hydrogen-bond acceptors (Lipinski definition) is 8. The normalized spacial score (nSPS) is 27.1. The SMILES string of the molecule is CCc1cc(CCCC(C)C)c(O)c2c1C[C@@H]1C[C@@H]3[C@@H](N(C)C)C(=O)C(C(N)=O)=C(O)[C@]3(O)C(=O)C1=C2O. The Morgan fingerprint density at radius 3 is 2.39 bits per heavy atom. The Morgan fingerprint density at radius 2 is 1.84 bits per heavy atom. The lowest BCUT2D eigenvalue weighted by Gasteiger charge is -2.50. The number of ketones is 2. The van der Waals surface area contributed by atoms with E-state index in [-0.39, 0.29) is 23.3 Å². The number of hydrogen-bond donors (Lipinski definition) is 5. The number of aliphatic hydroxyl groups is 3. The second-order valence-electron chi connectivity index (χ2n) is 11.5. The summed E-state index contributed by atoms with van der Waals surface area (Å²) in [6, 6.07) is 0.878. The Bertz CT molecular complexity index is 1280. The van der Waals surface area contributed by atoms with E-state index in [9.17, 15) is 34.8 Å². The molecule has 6 N–H and O–H groups in total. The van der Waals surface area contributed by atoms with E-state index in [1.807, 2.05) is 13.0 Å². The van der Waals surface area contributed by atoms with Crippen molar-refractivity contribution in [1.29, 1.82) is 0 Å². The Labute approximate surface area is 222 Å². The molecule has 9 nitrogen and oxygen atoms in total.